The number of carbonyl (C=O) groups is 1. The Kier molecular flexibility index (Phi) is 5.74. The van der Waals surface area contributed by atoms with Gasteiger partial charge < -0.3 is 15.2 Å². The van der Waals surface area contributed by atoms with E-state index in [4.69, 9.17) is 4.74 Å². The summed E-state index contributed by atoms with van der Waals surface area (Å²) < 4.78 is 5.56. The maximum atomic E-state index is 12.2. The lowest BCUT2D eigenvalue weighted by molar-refractivity contribution is -0.128. The van der Waals surface area contributed by atoms with Crippen molar-refractivity contribution in [1.82, 2.24) is 10.2 Å². The maximum absolute atomic E-state index is 12.2. The number of ether oxygens (including phenoxy) is 1. The number of nitrogens with one attached hydrogen (secondary N) is 1. The molecule has 1 aromatic carbocycles. The van der Waals surface area contributed by atoms with E-state index in [1.165, 1.54) is 5.56 Å². The molecule has 0 spiro atoms. The topological polar surface area (TPSA) is 61.8 Å². The molecular weight excluding hydrogens is 304 g/mol. The van der Waals surface area contributed by atoms with Crippen LogP contribution in [0.15, 0.2) is 24.3 Å². The number of aliphatic hydroxyl groups is 1. The predicted molar refractivity (Wildman–Crippen MR) is 92.7 cm³/mol. The van der Waals surface area contributed by atoms with Gasteiger partial charge in [-0.3, -0.25) is 9.69 Å². The number of aliphatic hydroxyl groups excluding tert-OH is 1. The van der Waals surface area contributed by atoms with Gasteiger partial charge in [0.1, 0.15) is 5.75 Å². The van der Waals surface area contributed by atoms with Crippen LogP contribution in [0.4, 0.5) is 0 Å². The quantitative estimate of drug-likeness (QED) is 0.799. The van der Waals surface area contributed by atoms with E-state index in [9.17, 15) is 9.90 Å². The molecule has 0 radical (unpaired) electrons. The van der Waals surface area contributed by atoms with Gasteiger partial charge in [0.25, 0.3) is 0 Å². The molecule has 0 bridgehead atoms. The minimum atomic E-state index is 0.0539. The maximum Gasteiger partial charge on any atom is 0.223 e. The fourth-order valence-corrected chi connectivity index (χ4v) is 3.57. The highest BCUT2D eigenvalue weighted by Crippen LogP contribution is 2.27. The summed E-state index contributed by atoms with van der Waals surface area (Å²) in [4.78, 5) is 14.5. The Morgan fingerprint density at radius 3 is 2.88 bits per heavy atom. The van der Waals surface area contributed by atoms with Crippen LogP contribution in [-0.4, -0.2) is 48.3 Å². The van der Waals surface area contributed by atoms with Crippen LogP contribution in [0.25, 0.3) is 0 Å². The molecule has 5 heteroatoms. The highest BCUT2D eigenvalue weighted by molar-refractivity contribution is 5.79. The molecule has 24 heavy (non-hydrogen) atoms. The first-order valence-corrected chi connectivity index (χ1v) is 9.05. The molecule has 1 aliphatic heterocycles. The van der Waals surface area contributed by atoms with Gasteiger partial charge in [-0.1, -0.05) is 18.6 Å². The number of rotatable bonds is 7. The molecule has 2 aliphatic rings. The summed E-state index contributed by atoms with van der Waals surface area (Å²) in [5.74, 6) is 1.37. The lowest BCUT2D eigenvalue weighted by Crippen LogP contribution is -2.45. The molecule has 0 unspecified atom stereocenters. The standard InChI is InChI=1S/C19H28N2O3/c1-2-24-17-8-3-5-14(9-17)10-21-11-16(13-22)18(12-21)20-19(23)15-6-4-7-15/h3,5,8-9,15-16,18,22H,2,4,6-7,10-13H2,1H3,(H,20,23)/t16-,18+/m0/s1. The Labute approximate surface area is 144 Å². The number of carbonyl (C=O) groups excluding carboxylic acids is 1. The third-order valence-electron chi connectivity index (χ3n) is 5.17. The van der Waals surface area contributed by atoms with E-state index < -0.39 is 0 Å². The Balaban J connectivity index is 1.57. The monoisotopic (exact) mass is 332 g/mol. The van der Waals surface area contributed by atoms with Crippen LogP contribution in [0, 0.1) is 11.8 Å². The van der Waals surface area contributed by atoms with Crippen molar-refractivity contribution in [2.45, 2.75) is 38.8 Å². The summed E-state index contributed by atoms with van der Waals surface area (Å²) >= 11 is 0. The van der Waals surface area contributed by atoms with Gasteiger partial charge in [-0.15, -0.1) is 0 Å². The molecule has 3 rings (SSSR count). The first kappa shape index (κ1) is 17.2. The minimum Gasteiger partial charge on any atom is -0.494 e. The smallest absolute Gasteiger partial charge is 0.223 e. The molecule has 2 N–H and O–H groups in total. The molecule has 1 aliphatic carbocycles. The van der Waals surface area contributed by atoms with Crippen LogP contribution in [0.5, 0.6) is 5.75 Å². The second kappa shape index (κ2) is 7.99. The van der Waals surface area contributed by atoms with Gasteiger partial charge in [0.05, 0.1) is 6.61 Å². The molecule has 1 saturated heterocycles. The lowest BCUT2D eigenvalue weighted by atomic mass is 9.84. The van der Waals surface area contributed by atoms with E-state index in [1.807, 2.05) is 19.1 Å². The summed E-state index contributed by atoms with van der Waals surface area (Å²) in [6.07, 6.45) is 3.18. The SMILES string of the molecule is CCOc1cccc(CN2C[C@@H](CO)[C@H](NC(=O)C3CCC3)C2)c1. The first-order valence-electron chi connectivity index (χ1n) is 9.05. The highest BCUT2D eigenvalue weighted by Gasteiger charge is 2.35. The average Bonchev–Trinajstić information content (AvgIpc) is 2.87. The number of hydrogen-bond donors (Lipinski definition) is 2. The number of likely N-dealkylation sites (tertiary alicyclic amines) is 1. The third kappa shape index (κ3) is 4.08. The summed E-state index contributed by atoms with van der Waals surface area (Å²) in [6, 6.07) is 8.19. The highest BCUT2D eigenvalue weighted by atomic mass is 16.5. The normalized spacial score (nSPS) is 24.6. The molecule has 132 valence electrons. The molecule has 5 nitrogen and oxygen atoms in total. The fraction of sp³-hybridized carbons (Fsp3) is 0.632. The number of benzene rings is 1. The van der Waals surface area contributed by atoms with Crippen molar-refractivity contribution in [1.29, 1.82) is 0 Å². The van der Waals surface area contributed by atoms with Gasteiger partial charge in [0.2, 0.25) is 5.91 Å². The molecule has 2 atom stereocenters. The Morgan fingerprint density at radius 2 is 2.21 bits per heavy atom. The van der Waals surface area contributed by atoms with E-state index in [1.54, 1.807) is 0 Å². The van der Waals surface area contributed by atoms with Crippen LogP contribution in [0.1, 0.15) is 31.7 Å². The number of amides is 1. The van der Waals surface area contributed by atoms with Crippen molar-refractivity contribution >= 4 is 5.91 Å². The van der Waals surface area contributed by atoms with Crippen molar-refractivity contribution in [3.8, 4) is 5.75 Å². The van der Waals surface area contributed by atoms with Crippen molar-refractivity contribution in [3.63, 3.8) is 0 Å². The molecule has 1 heterocycles. The van der Waals surface area contributed by atoms with Crippen LogP contribution in [0.3, 0.4) is 0 Å². The molecular formula is C19H28N2O3. The summed E-state index contributed by atoms with van der Waals surface area (Å²) in [7, 11) is 0. The van der Waals surface area contributed by atoms with E-state index >= 15 is 0 Å². The summed E-state index contributed by atoms with van der Waals surface area (Å²) in [5, 5.41) is 12.8. The van der Waals surface area contributed by atoms with Crippen molar-refractivity contribution in [2.75, 3.05) is 26.3 Å². The minimum absolute atomic E-state index is 0.0539. The van der Waals surface area contributed by atoms with Crippen LogP contribution in [-0.2, 0) is 11.3 Å². The van der Waals surface area contributed by atoms with Crippen molar-refractivity contribution < 1.29 is 14.6 Å². The van der Waals surface area contributed by atoms with E-state index in [0.29, 0.717) is 6.61 Å². The van der Waals surface area contributed by atoms with Crippen LogP contribution in [0.2, 0.25) is 0 Å². The van der Waals surface area contributed by atoms with Crippen LogP contribution < -0.4 is 10.1 Å². The Morgan fingerprint density at radius 1 is 1.38 bits per heavy atom. The fourth-order valence-electron chi connectivity index (χ4n) is 3.57. The number of nitrogens with zero attached hydrogens (tertiary/aromatic N) is 1. The predicted octanol–water partition coefficient (Wildman–Crippen LogP) is 1.79. The zero-order valence-corrected chi connectivity index (χ0v) is 14.4. The summed E-state index contributed by atoms with van der Waals surface area (Å²) in [6.45, 7) is 5.18. The number of hydrogen-bond acceptors (Lipinski definition) is 4. The second-order valence-electron chi connectivity index (χ2n) is 6.96. The summed E-state index contributed by atoms with van der Waals surface area (Å²) in [5.41, 5.74) is 1.20. The first-order chi connectivity index (χ1) is 11.7. The largest absolute Gasteiger partial charge is 0.494 e. The van der Waals surface area contributed by atoms with E-state index in [-0.39, 0.29) is 30.4 Å². The molecule has 1 amide bonds. The van der Waals surface area contributed by atoms with E-state index in [2.05, 4.69) is 22.3 Å². The zero-order valence-electron chi connectivity index (χ0n) is 14.4. The molecule has 0 aromatic heterocycles. The Bertz CT molecular complexity index is 559. The molecule has 1 saturated carbocycles. The van der Waals surface area contributed by atoms with Gasteiger partial charge in [-0.05, 0) is 37.5 Å². The second-order valence-corrected chi connectivity index (χ2v) is 6.96. The third-order valence-corrected chi connectivity index (χ3v) is 5.17. The van der Waals surface area contributed by atoms with E-state index in [0.717, 1.165) is 44.6 Å². The van der Waals surface area contributed by atoms with Gasteiger partial charge >= 0.3 is 0 Å². The van der Waals surface area contributed by atoms with Gasteiger partial charge in [-0.2, -0.15) is 0 Å². The van der Waals surface area contributed by atoms with Gasteiger partial charge in [0, 0.05) is 44.1 Å². The lowest BCUT2D eigenvalue weighted by Gasteiger charge is -2.27. The van der Waals surface area contributed by atoms with Crippen LogP contribution >= 0.6 is 0 Å². The average molecular weight is 332 g/mol. The van der Waals surface area contributed by atoms with Crippen molar-refractivity contribution in [2.24, 2.45) is 11.8 Å². The molecule has 1 aromatic rings. The van der Waals surface area contributed by atoms with Gasteiger partial charge in [-0.25, -0.2) is 0 Å². The van der Waals surface area contributed by atoms with Gasteiger partial charge in [0.15, 0.2) is 0 Å². The molecule has 2 fully saturated rings. The zero-order chi connectivity index (χ0) is 16.9. The van der Waals surface area contributed by atoms with Crippen molar-refractivity contribution in [3.05, 3.63) is 29.8 Å². The Hall–Kier alpha value is -1.59.